The van der Waals surface area contributed by atoms with E-state index in [1.54, 1.807) is 4.80 Å². The van der Waals surface area contributed by atoms with E-state index >= 15 is 0 Å². The molecule has 0 atom stereocenters. The van der Waals surface area contributed by atoms with Gasteiger partial charge < -0.3 is 0 Å². The molecule has 0 spiro atoms. The molecule has 16 heavy (non-hydrogen) atoms. The van der Waals surface area contributed by atoms with Crippen LogP contribution in [0.4, 0.5) is 0 Å². The van der Waals surface area contributed by atoms with Crippen molar-refractivity contribution in [3.05, 3.63) is 41.7 Å². The molecule has 0 saturated carbocycles. The van der Waals surface area contributed by atoms with Crippen molar-refractivity contribution in [2.24, 2.45) is 0 Å². The summed E-state index contributed by atoms with van der Waals surface area (Å²) in [7, 11) is 0. The number of aromatic nitrogens is 3. The fraction of sp³-hybridized carbons (Fsp3) is 0.385. The standard InChI is InChI=1S/C13H17N3/c1-3-4-10-13-11(2)14-16(15-13)12-8-6-5-7-9-12/h5-9H,3-4,10H2,1-2H3. The average molecular weight is 215 g/mol. The third kappa shape index (κ3) is 2.30. The molecular weight excluding hydrogens is 198 g/mol. The first-order valence-corrected chi connectivity index (χ1v) is 5.79. The summed E-state index contributed by atoms with van der Waals surface area (Å²) in [4.78, 5) is 1.72. The largest absolute Gasteiger partial charge is 0.153 e. The molecule has 1 aromatic heterocycles. The van der Waals surface area contributed by atoms with Crippen LogP contribution in [0.2, 0.25) is 0 Å². The highest BCUT2D eigenvalue weighted by molar-refractivity contribution is 5.29. The molecule has 0 aliphatic heterocycles. The molecule has 2 rings (SSSR count). The summed E-state index contributed by atoms with van der Waals surface area (Å²) in [5, 5.41) is 8.96. The van der Waals surface area contributed by atoms with E-state index in [1.165, 1.54) is 12.8 Å². The number of unbranched alkanes of at least 4 members (excludes halogenated alkanes) is 1. The van der Waals surface area contributed by atoms with E-state index in [9.17, 15) is 0 Å². The van der Waals surface area contributed by atoms with Crippen molar-refractivity contribution in [3.8, 4) is 5.69 Å². The van der Waals surface area contributed by atoms with Gasteiger partial charge in [0.1, 0.15) is 0 Å². The second-order valence-corrected chi connectivity index (χ2v) is 3.96. The Kier molecular flexibility index (Phi) is 3.34. The van der Waals surface area contributed by atoms with Gasteiger partial charge >= 0.3 is 0 Å². The fourth-order valence-corrected chi connectivity index (χ4v) is 1.66. The van der Waals surface area contributed by atoms with E-state index in [4.69, 9.17) is 0 Å². The molecule has 0 amide bonds. The lowest BCUT2D eigenvalue weighted by Gasteiger charge is -1.97. The van der Waals surface area contributed by atoms with E-state index in [1.807, 2.05) is 37.3 Å². The lowest BCUT2D eigenvalue weighted by molar-refractivity contribution is 0.717. The van der Waals surface area contributed by atoms with E-state index < -0.39 is 0 Å². The molecule has 1 aromatic carbocycles. The number of nitrogens with zero attached hydrogens (tertiary/aromatic N) is 3. The molecule has 0 fully saturated rings. The van der Waals surface area contributed by atoms with Gasteiger partial charge in [-0.15, -0.1) is 0 Å². The molecule has 3 heteroatoms. The van der Waals surface area contributed by atoms with Crippen molar-refractivity contribution in [1.29, 1.82) is 0 Å². The summed E-state index contributed by atoms with van der Waals surface area (Å²) in [5.74, 6) is 0. The summed E-state index contributed by atoms with van der Waals surface area (Å²) in [5.41, 5.74) is 3.18. The van der Waals surface area contributed by atoms with Crippen molar-refractivity contribution in [3.63, 3.8) is 0 Å². The monoisotopic (exact) mass is 215 g/mol. The van der Waals surface area contributed by atoms with E-state index in [-0.39, 0.29) is 0 Å². The molecule has 0 radical (unpaired) electrons. The highest BCUT2D eigenvalue weighted by atomic mass is 15.5. The van der Waals surface area contributed by atoms with E-state index in [0.717, 1.165) is 23.5 Å². The van der Waals surface area contributed by atoms with Crippen LogP contribution in [0.25, 0.3) is 5.69 Å². The maximum absolute atomic E-state index is 4.52. The van der Waals surface area contributed by atoms with E-state index in [2.05, 4.69) is 17.1 Å². The van der Waals surface area contributed by atoms with Crippen molar-refractivity contribution in [2.45, 2.75) is 33.1 Å². The minimum absolute atomic E-state index is 1.02. The fourth-order valence-electron chi connectivity index (χ4n) is 1.66. The summed E-state index contributed by atoms with van der Waals surface area (Å²) in [6.45, 7) is 4.22. The van der Waals surface area contributed by atoms with Gasteiger partial charge in [-0.25, -0.2) is 0 Å². The summed E-state index contributed by atoms with van der Waals surface area (Å²) in [6, 6.07) is 10.0. The van der Waals surface area contributed by atoms with Crippen LogP contribution < -0.4 is 0 Å². The highest BCUT2D eigenvalue weighted by Gasteiger charge is 2.07. The molecule has 84 valence electrons. The quantitative estimate of drug-likeness (QED) is 0.785. The zero-order valence-electron chi connectivity index (χ0n) is 9.85. The van der Waals surface area contributed by atoms with Gasteiger partial charge in [-0.05, 0) is 31.9 Å². The van der Waals surface area contributed by atoms with Crippen molar-refractivity contribution >= 4 is 0 Å². The Labute approximate surface area is 96.1 Å². The molecule has 0 bridgehead atoms. The third-order valence-electron chi connectivity index (χ3n) is 2.63. The third-order valence-corrected chi connectivity index (χ3v) is 2.63. The number of benzene rings is 1. The van der Waals surface area contributed by atoms with Gasteiger partial charge in [0.2, 0.25) is 0 Å². The normalized spacial score (nSPS) is 10.6. The summed E-state index contributed by atoms with van der Waals surface area (Å²) < 4.78 is 0. The molecule has 0 aliphatic carbocycles. The summed E-state index contributed by atoms with van der Waals surface area (Å²) >= 11 is 0. The first kappa shape index (κ1) is 10.9. The maximum Gasteiger partial charge on any atom is 0.0860 e. The van der Waals surface area contributed by atoms with Gasteiger partial charge in [0.25, 0.3) is 0 Å². The van der Waals surface area contributed by atoms with Crippen molar-refractivity contribution in [2.75, 3.05) is 0 Å². The smallest absolute Gasteiger partial charge is 0.0860 e. The van der Waals surface area contributed by atoms with Crippen LogP contribution in [0.1, 0.15) is 31.2 Å². The van der Waals surface area contributed by atoms with Crippen LogP contribution in [-0.2, 0) is 6.42 Å². The van der Waals surface area contributed by atoms with Crippen LogP contribution in [0.15, 0.2) is 30.3 Å². The Morgan fingerprint density at radius 3 is 2.56 bits per heavy atom. The van der Waals surface area contributed by atoms with E-state index in [0.29, 0.717) is 0 Å². The molecule has 0 unspecified atom stereocenters. The molecule has 0 N–H and O–H groups in total. The van der Waals surface area contributed by atoms with Crippen LogP contribution in [0.3, 0.4) is 0 Å². The number of para-hydroxylation sites is 1. The second kappa shape index (κ2) is 4.92. The van der Waals surface area contributed by atoms with Gasteiger partial charge in [-0.1, -0.05) is 31.5 Å². The van der Waals surface area contributed by atoms with Crippen LogP contribution in [-0.4, -0.2) is 15.0 Å². The lowest BCUT2D eigenvalue weighted by Crippen LogP contribution is -1.98. The maximum atomic E-state index is 4.52. The molecule has 0 saturated heterocycles. The van der Waals surface area contributed by atoms with Crippen LogP contribution in [0.5, 0.6) is 0 Å². The predicted octanol–water partition coefficient (Wildman–Crippen LogP) is 2.92. The van der Waals surface area contributed by atoms with Gasteiger partial charge in [-0.2, -0.15) is 15.0 Å². The first-order valence-electron chi connectivity index (χ1n) is 5.79. The average Bonchev–Trinajstić information content (AvgIpc) is 2.69. The Bertz CT molecular complexity index is 445. The van der Waals surface area contributed by atoms with Crippen LogP contribution >= 0.6 is 0 Å². The van der Waals surface area contributed by atoms with Gasteiger partial charge in [-0.3, -0.25) is 0 Å². The number of rotatable bonds is 4. The molecule has 0 aliphatic rings. The van der Waals surface area contributed by atoms with Gasteiger partial charge in [0.15, 0.2) is 0 Å². The molecule has 1 heterocycles. The molecular formula is C13H17N3. The van der Waals surface area contributed by atoms with Crippen molar-refractivity contribution in [1.82, 2.24) is 15.0 Å². The zero-order chi connectivity index (χ0) is 11.4. The highest BCUT2D eigenvalue weighted by Crippen LogP contribution is 2.10. The van der Waals surface area contributed by atoms with Crippen molar-refractivity contribution < 1.29 is 0 Å². The molecule has 3 nitrogen and oxygen atoms in total. The lowest BCUT2D eigenvalue weighted by atomic mass is 10.2. The number of aryl methyl sites for hydroxylation is 2. The minimum Gasteiger partial charge on any atom is -0.153 e. The van der Waals surface area contributed by atoms with Crippen LogP contribution in [0, 0.1) is 6.92 Å². The Morgan fingerprint density at radius 1 is 1.12 bits per heavy atom. The Hall–Kier alpha value is -1.64. The Morgan fingerprint density at radius 2 is 1.88 bits per heavy atom. The predicted molar refractivity (Wildman–Crippen MR) is 64.7 cm³/mol. The van der Waals surface area contributed by atoms with Gasteiger partial charge in [0.05, 0.1) is 17.1 Å². The molecule has 2 aromatic rings. The summed E-state index contributed by atoms with van der Waals surface area (Å²) in [6.07, 6.45) is 3.39. The number of hydrogen-bond donors (Lipinski definition) is 0. The number of hydrogen-bond acceptors (Lipinski definition) is 2. The second-order valence-electron chi connectivity index (χ2n) is 3.96. The Balaban J connectivity index is 2.24. The topological polar surface area (TPSA) is 30.7 Å². The SMILES string of the molecule is CCCCc1nn(-c2ccccc2)nc1C. The zero-order valence-corrected chi connectivity index (χ0v) is 9.85. The first-order chi connectivity index (χ1) is 7.81. The minimum atomic E-state index is 1.02. The van der Waals surface area contributed by atoms with Gasteiger partial charge in [0, 0.05) is 0 Å².